The number of nitrogens with one attached hydrogen (secondary N) is 1. The van der Waals surface area contributed by atoms with Gasteiger partial charge in [-0.2, -0.15) is 13.2 Å². The van der Waals surface area contributed by atoms with E-state index in [0.29, 0.717) is 5.69 Å². The molecule has 0 atom stereocenters. The first-order valence-electron chi connectivity index (χ1n) is 6.71. The summed E-state index contributed by atoms with van der Waals surface area (Å²) >= 11 is 6.07. The lowest BCUT2D eigenvalue weighted by Crippen LogP contribution is -2.39. The number of halogens is 4. The molecule has 1 aromatic rings. The first-order valence-corrected chi connectivity index (χ1v) is 7.09. The van der Waals surface area contributed by atoms with E-state index < -0.39 is 17.0 Å². The van der Waals surface area contributed by atoms with Gasteiger partial charge in [-0.25, -0.2) is 0 Å². The number of nitro benzene ring substituents is 1. The molecule has 0 amide bonds. The maximum atomic E-state index is 12.7. The van der Waals surface area contributed by atoms with Crippen molar-refractivity contribution in [3.05, 3.63) is 27.3 Å². The van der Waals surface area contributed by atoms with Crippen molar-refractivity contribution in [1.29, 1.82) is 0 Å². The van der Waals surface area contributed by atoms with Gasteiger partial charge in [0.2, 0.25) is 0 Å². The zero-order chi connectivity index (χ0) is 16.5. The second-order valence-electron chi connectivity index (χ2n) is 5.13. The summed E-state index contributed by atoms with van der Waals surface area (Å²) in [7, 11) is 1.54. The SMILES string of the molecule is CNc1cc(N2CCC(C(F)(F)F)CC2)c(Cl)cc1[N+](=O)[O-]. The van der Waals surface area contributed by atoms with Crippen molar-refractivity contribution in [2.24, 2.45) is 5.92 Å². The Labute approximate surface area is 130 Å². The minimum Gasteiger partial charge on any atom is -0.383 e. The van der Waals surface area contributed by atoms with Crippen molar-refractivity contribution in [3.8, 4) is 0 Å². The van der Waals surface area contributed by atoms with E-state index in [1.807, 2.05) is 0 Å². The molecular formula is C13H15ClF3N3O2. The summed E-state index contributed by atoms with van der Waals surface area (Å²) in [5, 5.41) is 13.8. The normalized spacial score (nSPS) is 16.7. The molecule has 0 radical (unpaired) electrons. The number of nitro groups is 1. The Kier molecular flexibility index (Phi) is 4.69. The summed E-state index contributed by atoms with van der Waals surface area (Å²) in [5.41, 5.74) is 0.626. The Morgan fingerprint density at radius 2 is 1.95 bits per heavy atom. The van der Waals surface area contributed by atoms with Gasteiger partial charge < -0.3 is 10.2 Å². The fourth-order valence-electron chi connectivity index (χ4n) is 2.59. The lowest BCUT2D eigenvalue weighted by Gasteiger charge is -2.35. The molecule has 122 valence electrons. The Hall–Kier alpha value is -1.70. The lowest BCUT2D eigenvalue weighted by atomic mass is 9.96. The second-order valence-corrected chi connectivity index (χ2v) is 5.54. The van der Waals surface area contributed by atoms with Crippen LogP contribution in [0.3, 0.4) is 0 Å². The second kappa shape index (κ2) is 6.20. The highest BCUT2D eigenvalue weighted by Crippen LogP contribution is 2.40. The summed E-state index contributed by atoms with van der Waals surface area (Å²) in [6, 6.07) is 2.73. The van der Waals surface area contributed by atoms with Crippen LogP contribution in [0.25, 0.3) is 0 Å². The molecule has 0 bridgehead atoms. The fraction of sp³-hybridized carbons (Fsp3) is 0.538. The van der Waals surface area contributed by atoms with Crippen LogP contribution in [-0.4, -0.2) is 31.2 Å². The monoisotopic (exact) mass is 337 g/mol. The lowest BCUT2D eigenvalue weighted by molar-refractivity contribution is -0.383. The van der Waals surface area contributed by atoms with Crippen LogP contribution in [0.15, 0.2) is 12.1 Å². The average Bonchev–Trinajstić information content (AvgIpc) is 2.46. The van der Waals surface area contributed by atoms with Crippen LogP contribution in [0, 0.1) is 16.0 Å². The number of nitrogens with zero attached hydrogens (tertiary/aromatic N) is 2. The van der Waals surface area contributed by atoms with E-state index in [0.717, 1.165) is 0 Å². The van der Waals surface area contributed by atoms with E-state index in [-0.39, 0.29) is 42.3 Å². The summed E-state index contributed by atoms with van der Waals surface area (Å²) in [4.78, 5) is 12.1. The van der Waals surface area contributed by atoms with Crippen molar-refractivity contribution in [1.82, 2.24) is 0 Å². The zero-order valence-electron chi connectivity index (χ0n) is 11.8. The molecule has 9 heteroatoms. The molecule has 5 nitrogen and oxygen atoms in total. The highest BCUT2D eigenvalue weighted by atomic mass is 35.5. The number of anilines is 2. The molecular weight excluding hydrogens is 323 g/mol. The molecule has 1 fully saturated rings. The fourth-order valence-corrected chi connectivity index (χ4v) is 2.87. The quantitative estimate of drug-likeness (QED) is 0.667. The van der Waals surface area contributed by atoms with Crippen LogP contribution in [0.2, 0.25) is 5.02 Å². The zero-order valence-corrected chi connectivity index (χ0v) is 12.5. The predicted molar refractivity (Wildman–Crippen MR) is 78.6 cm³/mol. The summed E-state index contributed by atoms with van der Waals surface area (Å²) in [6.45, 7) is 0.426. The van der Waals surface area contributed by atoms with Gasteiger partial charge in [-0.15, -0.1) is 0 Å². The standard InChI is InChI=1S/C13H15ClF3N3O2/c1-18-10-7-11(9(14)6-12(10)20(21)22)19-4-2-8(3-5-19)13(15,16)17/h6-8,18H,2-5H2,1H3. The van der Waals surface area contributed by atoms with E-state index in [1.54, 1.807) is 4.90 Å². The first kappa shape index (κ1) is 16.7. The molecule has 2 rings (SSSR count). The molecule has 0 aliphatic carbocycles. The van der Waals surface area contributed by atoms with Crippen molar-refractivity contribution in [2.45, 2.75) is 19.0 Å². The Bertz CT molecular complexity index is 572. The van der Waals surface area contributed by atoms with E-state index >= 15 is 0 Å². The van der Waals surface area contributed by atoms with Gasteiger partial charge >= 0.3 is 6.18 Å². The molecule has 1 saturated heterocycles. The van der Waals surface area contributed by atoms with Crippen LogP contribution < -0.4 is 10.2 Å². The molecule has 1 aromatic carbocycles. The number of alkyl halides is 3. The van der Waals surface area contributed by atoms with Crippen LogP contribution in [0.4, 0.5) is 30.2 Å². The van der Waals surface area contributed by atoms with Crippen LogP contribution in [-0.2, 0) is 0 Å². The minimum absolute atomic E-state index is 0.00823. The Morgan fingerprint density at radius 3 is 2.41 bits per heavy atom. The van der Waals surface area contributed by atoms with Gasteiger partial charge in [0.15, 0.2) is 0 Å². The third-order valence-corrected chi connectivity index (χ3v) is 4.13. The molecule has 0 saturated carbocycles. The van der Waals surface area contributed by atoms with Crippen molar-refractivity contribution < 1.29 is 18.1 Å². The summed E-state index contributed by atoms with van der Waals surface area (Å²) < 4.78 is 38.0. The predicted octanol–water partition coefficient (Wildman–Crippen LogP) is 4.07. The minimum atomic E-state index is -4.18. The van der Waals surface area contributed by atoms with Crippen molar-refractivity contribution in [2.75, 3.05) is 30.4 Å². The molecule has 0 spiro atoms. The number of piperidine rings is 1. The van der Waals surface area contributed by atoms with Gasteiger partial charge in [-0.3, -0.25) is 10.1 Å². The average molecular weight is 338 g/mol. The van der Waals surface area contributed by atoms with Crippen LogP contribution in [0.1, 0.15) is 12.8 Å². The van der Waals surface area contributed by atoms with Gasteiger partial charge in [0.05, 0.1) is 21.6 Å². The maximum Gasteiger partial charge on any atom is 0.391 e. The summed E-state index contributed by atoms with van der Waals surface area (Å²) in [6.07, 6.45) is -4.20. The van der Waals surface area contributed by atoms with Gasteiger partial charge in [0.25, 0.3) is 5.69 Å². The third kappa shape index (κ3) is 3.37. The highest BCUT2D eigenvalue weighted by Gasteiger charge is 2.41. The maximum absolute atomic E-state index is 12.7. The van der Waals surface area contributed by atoms with Gasteiger partial charge in [0, 0.05) is 26.2 Å². The largest absolute Gasteiger partial charge is 0.391 e. The molecule has 1 aliphatic heterocycles. The molecule has 0 unspecified atom stereocenters. The molecule has 1 heterocycles. The van der Waals surface area contributed by atoms with Crippen LogP contribution >= 0.6 is 11.6 Å². The number of hydrogen-bond donors (Lipinski definition) is 1. The number of benzene rings is 1. The van der Waals surface area contributed by atoms with Crippen molar-refractivity contribution in [3.63, 3.8) is 0 Å². The molecule has 22 heavy (non-hydrogen) atoms. The van der Waals surface area contributed by atoms with E-state index in [2.05, 4.69) is 5.32 Å². The molecule has 1 N–H and O–H groups in total. The van der Waals surface area contributed by atoms with Gasteiger partial charge in [-0.1, -0.05) is 11.6 Å². The highest BCUT2D eigenvalue weighted by molar-refractivity contribution is 6.33. The van der Waals surface area contributed by atoms with E-state index in [9.17, 15) is 23.3 Å². The van der Waals surface area contributed by atoms with Crippen molar-refractivity contribution >= 4 is 28.7 Å². The topological polar surface area (TPSA) is 58.4 Å². The van der Waals surface area contributed by atoms with E-state index in [4.69, 9.17) is 11.6 Å². The van der Waals surface area contributed by atoms with Gasteiger partial charge in [0.1, 0.15) is 5.69 Å². The smallest absolute Gasteiger partial charge is 0.383 e. The van der Waals surface area contributed by atoms with E-state index in [1.165, 1.54) is 19.2 Å². The first-order chi connectivity index (χ1) is 10.2. The molecule has 0 aromatic heterocycles. The Morgan fingerprint density at radius 1 is 1.36 bits per heavy atom. The number of hydrogen-bond acceptors (Lipinski definition) is 4. The number of rotatable bonds is 3. The Balaban J connectivity index is 2.22. The third-order valence-electron chi connectivity index (χ3n) is 3.83. The van der Waals surface area contributed by atoms with Crippen LogP contribution in [0.5, 0.6) is 0 Å². The van der Waals surface area contributed by atoms with Gasteiger partial charge in [-0.05, 0) is 18.9 Å². The molecule has 1 aliphatic rings. The summed E-state index contributed by atoms with van der Waals surface area (Å²) in [5.74, 6) is -1.30.